The van der Waals surface area contributed by atoms with Crippen LogP contribution in [0, 0.1) is 0 Å². The smallest absolute Gasteiger partial charge is 0.394 e. The van der Waals surface area contributed by atoms with Crippen LogP contribution in [0.4, 0.5) is 13.2 Å². The van der Waals surface area contributed by atoms with E-state index in [9.17, 15) is 38.7 Å². The Bertz CT molecular complexity index is 501. The lowest BCUT2D eigenvalue weighted by Gasteiger charge is -2.45. The van der Waals surface area contributed by atoms with E-state index < -0.39 is 73.9 Å². The van der Waals surface area contributed by atoms with Crippen LogP contribution in [0.2, 0.25) is 0 Å². The van der Waals surface area contributed by atoms with E-state index in [0.717, 1.165) is 0 Å². The van der Waals surface area contributed by atoms with Crippen molar-refractivity contribution in [3.63, 3.8) is 0 Å². The molecule has 14 heteroatoms. The first-order valence-corrected chi connectivity index (χ1v) is 7.30. The van der Waals surface area contributed by atoms with Crippen molar-refractivity contribution < 1.29 is 68.2 Å². The van der Waals surface area contributed by atoms with Crippen LogP contribution in [-0.2, 0) is 14.2 Å². The minimum Gasteiger partial charge on any atom is -0.394 e. The van der Waals surface area contributed by atoms with Gasteiger partial charge in [0.1, 0.15) is 36.6 Å². The number of aliphatic hydroxyl groups excluding tert-OH is 6. The summed E-state index contributed by atoms with van der Waals surface area (Å²) in [7, 11) is 0. The molecule has 0 amide bonds. The number of hydrogen-bond donors (Lipinski definition) is 8. The van der Waals surface area contributed by atoms with Gasteiger partial charge in [-0.05, 0) is 0 Å². The van der Waals surface area contributed by atoms with E-state index in [1.165, 1.54) is 0 Å². The Hall–Kier alpha value is -0.650. The van der Waals surface area contributed by atoms with E-state index in [4.69, 9.17) is 20.1 Å². The molecule has 2 aliphatic rings. The van der Waals surface area contributed by atoms with Gasteiger partial charge in [0.25, 0.3) is 5.85 Å². The fourth-order valence-electron chi connectivity index (χ4n) is 2.73. The van der Waals surface area contributed by atoms with Gasteiger partial charge in [-0.2, -0.15) is 8.78 Å². The number of aliphatic hydroxyl groups is 8. The highest BCUT2D eigenvalue weighted by Gasteiger charge is 2.80. The first kappa shape index (κ1) is 21.6. The van der Waals surface area contributed by atoms with Gasteiger partial charge in [0.15, 0.2) is 6.29 Å². The van der Waals surface area contributed by atoms with Gasteiger partial charge in [0.2, 0.25) is 0 Å². The van der Waals surface area contributed by atoms with Crippen molar-refractivity contribution in [3.05, 3.63) is 0 Å². The van der Waals surface area contributed by atoms with Gasteiger partial charge in [-0.25, -0.2) is 4.39 Å². The molecule has 2 saturated heterocycles. The van der Waals surface area contributed by atoms with Crippen molar-refractivity contribution in [3.8, 4) is 0 Å². The molecule has 154 valence electrons. The molecule has 0 aliphatic carbocycles. The van der Waals surface area contributed by atoms with E-state index in [1.54, 1.807) is 0 Å². The maximum atomic E-state index is 14.5. The summed E-state index contributed by atoms with van der Waals surface area (Å²) < 4.78 is 55.4. The molecular formula is C12H19F3O11. The highest BCUT2D eigenvalue weighted by Crippen LogP contribution is 2.51. The lowest BCUT2D eigenvalue weighted by molar-refractivity contribution is -0.490. The topological polar surface area (TPSA) is 190 Å². The summed E-state index contributed by atoms with van der Waals surface area (Å²) in [6.45, 7) is -2.26. The number of halogens is 3. The fraction of sp³-hybridized carbons (Fsp3) is 1.00. The van der Waals surface area contributed by atoms with Crippen LogP contribution < -0.4 is 0 Å². The first-order chi connectivity index (χ1) is 11.8. The predicted molar refractivity (Wildman–Crippen MR) is 68.8 cm³/mol. The normalized spacial score (nSPS) is 50.2. The molecule has 0 radical (unpaired) electrons. The summed E-state index contributed by atoms with van der Waals surface area (Å²) in [4.78, 5) is 0. The molecule has 2 heterocycles. The van der Waals surface area contributed by atoms with Crippen molar-refractivity contribution in [1.29, 1.82) is 0 Å². The maximum Gasteiger partial charge on any atom is 0.413 e. The average molecular weight is 396 g/mol. The molecule has 26 heavy (non-hydrogen) atoms. The lowest BCUT2D eigenvalue weighted by atomic mass is 9.98. The van der Waals surface area contributed by atoms with Crippen LogP contribution in [0.25, 0.3) is 0 Å². The summed E-state index contributed by atoms with van der Waals surface area (Å²) in [5, 5.41) is 75.2. The number of ether oxygens (including phenoxy) is 3. The standard InChI is InChI=1S/C12H19F3O11/c13-10(22)8(21)4(2-17)25-11(10,12(14,15)23)26-9-7(20)6(19)5(18)3(1-16)24-9/h3-9,16-23H,1-2H2/t3-,4-,5-,6+,7-,8-,9-,10+,11-/m1/s1. The van der Waals surface area contributed by atoms with Crippen molar-refractivity contribution in [2.24, 2.45) is 0 Å². The minimum atomic E-state index is -5.36. The van der Waals surface area contributed by atoms with Gasteiger partial charge >= 0.3 is 11.9 Å². The van der Waals surface area contributed by atoms with Crippen LogP contribution in [0.5, 0.6) is 0 Å². The Labute approximate surface area is 143 Å². The second kappa shape index (κ2) is 7.06. The largest absolute Gasteiger partial charge is 0.413 e. The SMILES string of the molecule is OC[C@H]1O[C@H](O[C@]2(C(O)(F)F)O[C@H](CO)[C@@H](O)[C@@]2(O)F)[C@H](O)[C@@H](O)[C@@H]1O. The Morgan fingerprint density at radius 2 is 1.50 bits per heavy atom. The zero-order valence-electron chi connectivity index (χ0n) is 12.9. The predicted octanol–water partition coefficient (Wildman–Crippen LogP) is -4.51. The third-order valence-corrected chi connectivity index (χ3v) is 4.23. The molecule has 2 rings (SSSR count). The summed E-state index contributed by atoms with van der Waals surface area (Å²) in [6.07, 6.45) is -20.8. The van der Waals surface area contributed by atoms with E-state index in [2.05, 4.69) is 9.47 Å². The molecule has 0 spiro atoms. The van der Waals surface area contributed by atoms with Gasteiger partial charge in [0.05, 0.1) is 13.2 Å². The van der Waals surface area contributed by atoms with Crippen LogP contribution in [0.15, 0.2) is 0 Å². The summed E-state index contributed by atoms with van der Waals surface area (Å²) in [6, 6.07) is 0. The molecule has 0 bridgehead atoms. The van der Waals surface area contributed by atoms with Crippen LogP contribution >= 0.6 is 0 Å². The molecule has 2 fully saturated rings. The molecular weight excluding hydrogens is 377 g/mol. The van der Waals surface area contributed by atoms with Crippen molar-refractivity contribution >= 4 is 0 Å². The average Bonchev–Trinajstić information content (AvgIpc) is 2.75. The summed E-state index contributed by atoms with van der Waals surface area (Å²) in [5.41, 5.74) is 0. The van der Waals surface area contributed by atoms with Crippen molar-refractivity contribution in [1.82, 2.24) is 0 Å². The molecule has 0 aromatic heterocycles. The summed E-state index contributed by atoms with van der Waals surface area (Å²) in [5.74, 6) is -8.90. The maximum absolute atomic E-state index is 14.5. The Morgan fingerprint density at radius 3 is 1.92 bits per heavy atom. The number of hydrogen-bond acceptors (Lipinski definition) is 11. The zero-order chi connectivity index (χ0) is 20.1. The fourth-order valence-corrected chi connectivity index (χ4v) is 2.73. The zero-order valence-corrected chi connectivity index (χ0v) is 12.9. The third-order valence-electron chi connectivity index (χ3n) is 4.23. The minimum absolute atomic E-state index is 0.990. The number of rotatable bonds is 5. The monoisotopic (exact) mass is 396 g/mol. The second-order valence-electron chi connectivity index (χ2n) is 5.93. The second-order valence-corrected chi connectivity index (χ2v) is 5.93. The van der Waals surface area contributed by atoms with E-state index in [0.29, 0.717) is 0 Å². The highest BCUT2D eigenvalue weighted by atomic mass is 19.3. The van der Waals surface area contributed by atoms with Crippen LogP contribution in [0.1, 0.15) is 0 Å². The molecule has 0 aromatic carbocycles. The van der Waals surface area contributed by atoms with E-state index >= 15 is 0 Å². The Balaban J connectivity index is 2.41. The van der Waals surface area contributed by atoms with Gasteiger partial charge < -0.3 is 55.1 Å². The molecule has 0 unspecified atom stereocenters. The van der Waals surface area contributed by atoms with E-state index in [1.807, 2.05) is 0 Å². The molecule has 11 nitrogen and oxygen atoms in total. The quantitative estimate of drug-likeness (QED) is 0.224. The van der Waals surface area contributed by atoms with Gasteiger partial charge in [-0.3, -0.25) is 0 Å². The van der Waals surface area contributed by atoms with Crippen LogP contribution in [-0.4, -0.2) is 115 Å². The molecule has 9 atom stereocenters. The van der Waals surface area contributed by atoms with Crippen molar-refractivity contribution in [2.45, 2.75) is 60.7 Å². The Morgan fingerprint density at radius 1 is 0.962 bits per heavy atom. The number of alkyl halides is 3. The van der Waals surface area contributed by atoms with E-state index in [-0.39, 0.29) is 0 Å². The van der Waals surface area contributed by atoms with Gasteiger partial charge in [0, 0.05) is 0 Å². The van der Waals surface area contributed by atoms with Crippen molar-refractivity contribution in [2.75, 3.05) is 13.2 Å². The molecule has 0 saturated carbocycles. The molecule has 2 aliphatic heterocycles. The summed E-state index contributed by atoms with van der Waals surface area (Å²) >= 11 is 0. The molecule has 8 N–H and O–H groups in total. The lowest BCUT2D eigenvalue weighted by Crippen LogP contribution is -2.69. The molecule has 0 aromatic rings. The third kappa shape index (κ3) is 3.10. The van der Waals surface area contributed by atoms with Gasteiger partial charge in [-0.15, -0.1) is 0 Å². The van der Waals surface area contributed by atoms with Gasteiger partial charge in [-0.1, -0.05) is 0 Å². The first-order valence-electron chi connectivity index (χ1n) is 7.30. The Kier molecular flexibility index (Phi) is 5.88. The van der Waals surface area contributed by atoms with Crippen LogP contribution in [0.3, 0.4) is 0 Å². The highest BCUT2D eigenvalue weighted by molar-refractivity contribution is 5.07.